The molecule has 0 saturated heterocycles. The first-order valence-electron chi connectivity index (χ1n) is 7.01. The van der Waals surface area contributed by atoms with Gasteiger partial charge in [0.25, 0.3) is 11.6 Å². The van der Waals surface area contributed by atoms with Gasteiger partial charge >= 0.3 is 6.61 Å². The molecule has 9 heteroatoms. The first-order chi connectivity index (χ1) is 11.8. The van der Waals surface area contributed by atoms with Crippen molar-refractivity contribution < 1.29 is 23.2 Å². The lowest BCUT2D eigenvalue weighted by atomic mass is 10.1. The van der Waals surface area contributed by atoms with Crippen molar-refractivity contribution in [1.29, 1.82) is 0 Å². The zero-order valence-electron chi connectivity index (χ0n) is 13.0. The Bertz CT molecular complexity index is 784. The minimum Gasteiger partial charge on any atom is -0.435 e. The summed E-state index contributed by atoms with van der Waals surface area (Å²) in [6.45, 7) is -2.78. The van der Waals surface area contributed by atoms with Crippen LogP contribution in [0.15, 0.2) is 42.5 Å². The Morgan fingerprint density at radius 2 is 1.92 bits per heavy atom. The van der Waals surface area contributed by atoms with Crippen LogP contribution >= 0.6 is 11.6 Å². The van der Waals surface area contributed by atoms with Gasteiger partial charge in [0.15, 0.2) is 0 Å². The van der Waals surface area contributed by atoms with Crippen molar-refractivity contribution >= 4 is 23.2 Å². The quantitative estimate of drug-likeness (QED) is 0.566. The van der Waals surface area contributed by atoms with Crippen LogP contribution in [0.4, 0.5) is 14.5 Å². The first-order valence-corrected chi connectivity index (χ1v) is 7.39. The van der Waals surface area contributed by atoms with Crippen molar-refractivity contribution in [1.82, 2.24) is 4.90 Å². The number of hydrogen-bond donors (Lipinski definition) is 0. The Labute approximate surface area is 146 Å². The van der Waals surface area contributed by atoms with E-state index in [1.54, 1.807) is 0 Å². The standard InChI is InChI=1S/C16H13ClF2N2O4/c1-20(9-10-2-5-12(6-3-10)25-16(18)19)15(22)13-7-4-11(17)8-14(13)21(23)24/h2-8,16H,9H2,1H3. The average molecular weight is 371 g/mol. The molecule has 0 unspecified atom stereocenters. The van der Waals surface area contributed by atoms with Gasteiger partial charge in [-0.3, -0.25) is 14.9 Å². The van der Waals surface area contributed by atoms with E-state index < -0.39 is 17.4 Å². The highest BCUT2D eigenvalue weighted by Gasteiger charge is 2.23. The number of nitro groups is 1. The molecule has 2 aromatic carbocycles. The molecule has 0 radical (unpaired) electrons. The molecule has 0 heterocycles. The summed E-state index contributed by atoms with van der Waals surface area (Å²) in [5.41, 5.74) is 0.175. The molecule has 25 heavy (non-hydrogen) atoms. The maximum atomic E-state index is 12.5. The van der Waals surface area contributed by atoms with E-state index in [-0.39, 0.29) is 28.6 Å². The average Bonchev–Trinajstić information content (AvgIpc) is 2.55. The van der Waals surface area contributed by atoms with E-state index in [9.17, 15) is 23.7 Å². The fraction of sp³-hybridized carbons (Fsp3) is 0.188. The Morgan fingerprint density at radius 1 is 1.28 bits per heavy atom. The van der Waals surface area contributed by atoms with E-state index >= 15 is 0 Å². The van der Waals surface area contributed by atoms with Crippen LogP contribution in [0.5, 0.6) is 5.75 Å². The molecular formula is C16H13ClF2N2O4. The van der Waals surface area contributed by atoms with Gasteiger partial charge in [0, 0.05) is 24.7 Å². The van der Waals surface area contributed by atoms with Gasteiger partial charge in [0.05, 0.1) is 4.92 Å². The summed E-state index contributed by atoms with van der Waals surface area (Å²) in [6.07, 6.45) is 0. The van der Waals surface area contributed by atoms with E-state index in [4.69, 9.17) is 11.6 Å². The molecule has 0 aliphatic rings. The number of carbonyl (C=O) groups is 1. The molecule has 1 amide bonds. The number of amides is 1. The second-order valence-corrected chi connectivity index (χ2v) is 5.54. The summed E-state index contributed by atoms with van der Waals surface area (Å²) in [4.78, 5) is 24.1. The number of nitrogens with zero attached hydrogens (tertiary/aromatic N) is 2. The van der Waals surface area contributed by atoms with Crippen molar-refractivity contribution in [3.8, 4) is 5.75 Å². The van der Waals surface area contributed by atoms with Crippen LogP contribution in [0.2, 0.25) is 5.02 Å². The highest BCUT2D eigenvalue weighted by Crippen LogP contribution is 2.25. The number of carbonyl (C=O) groups excluding carboxylic acids is 1. The van der Waals surface area contributed by atoms with Crippen LogP contribution < -0.4 is 4.74 Å². The van der Waals surface area contributed by atoms with Crippen molar-refractivity contribution in [2.24, 2.45) is 0 Å². The maximum absolute atomic E-state index is 12.5. The van der Waals surface area contributed by atoms with Gasteiger partial charge in [-0.25, -0.2) is 0 Å². The Hall–Kier alpha value is -2.74. The molecule has 0 atom stereocenters. The number of halogens is 3. The van der Waals surface area contributed by atoms with Gasteiger partial charge in [-0.2, -0.15) is 8.78 Å². The molecule has 0 spiro atoms. The number of nitro benzene ring substituents is 1. The van der Waals surface area contributed by atoms with Gasteiger partial charge in [-0.1, -0.05) is 23.7 Å². The monoisotopic (exact) mass is 370 g/mol. The normalized spacial score (nSPS) is 10.6. The highest BCUT2D eigenvalue weighted by atomic mass is 35.5. The molecule has 6 nitrogen and oxygen atoms in total. The Kier molecular flexibility index (Phi) is 5.87. The third kappa shape index (κ3) is 4.87. The lowest BCUT2D eigenvalue weighted by Crippen LogP contribution is -2.26. The van der Waals surface area contributed by atoms with Crippen LogP contribution in [-0.2, 0) is 6.54 Å². The Morgan fingerprint density at radius 3 is 2.48 bits per heavy atom. The summed E-state index contributed by atoms with van der Waals surface area (Å²) in [5, 5.41) is 11.2. The van der Waals surface area contributed by atoms with Crippen molar-refractivity contribution in [2.75, 3.05) is 7.05 Å². The van der Waals surface area contributed by atoms with Crippen LogP contribution in [0.3, 0.4) is 0 Å². The van der Waals surface area contributed by atoms with Gasteiger partial charge < -0.3 is 9.64 Å². The molecule has 0 aliphatic carbocycles. The van der Waals surface area contributed by atoms with E-state index in [2.05, 4.69) is 4.74 Å². The smallest absolute Gasteiger partial charge is 0.387 e. The molecule has 0 bridgehead atoms. The van der Waals surface area contributed by atoms with Gasteiger partial charge in [-0.15, -0.1) is 0 Å². The van der Waals surface area contributed by atoms with Crippen LogP contribution in [-0.4, -0.2) is 29.4 Å². The topological polar surface area (TPSA) is 72.7 Å². The largest absolute Gasteiger partial charge is 0.435 e. The van der Waals surface area contributed by atoms with Gasteiger partial charge in [0.2, 0.25) is 0 Å². The predicted molar refractivity (Wildman–Crippen MR) is 87.0 cm³/mol. The highest BCUT2D eigenvalue weighted by molar-refractivity contribution is 6.31. The fourth-order valence-corrected chi connectivity index (χ4v) is 2.33. The third-order valence-electron chi connectivity index (χ3n) is 3.30. The molecule has 2 aromatic rings. The molecule has 2 rings (SSSR count). The molecule has 0 aromatic heterocycles. The SMILES string of the molecule is CN(Cc1ccc(OC(F)F)cc1)C(=O)c1ccc(Cl)cc1[N+](=O)[O-]. The number of ether oxygens (including phenoxy) is 1. The van der Waals surface area contributed by atoms with E-state index in [0.29, 0.717) is 5.56 Å². The van der Waals surface area contributed by atoms with E-state index in [0.717, 1.165) is 6.07 Å². The lowest BCUT2D eigenvalue weighted by Gasteiger charge is -2.17. The first kappa shape index (κ1) is 18.6. The minimum atomic E-state index is -2.92. The van der Waals surface area contributed by atoms with Crippen molar-refractivity contribution in [3.05, 3.63) is 68.7 Å². The second kappa shape index (κ2) is 7.89. The number of alkyl halides is 2. The van der Waals surface area contributed by atoms with Crippen molar-refractivity contribution in [3.63, 3.8) is 0 Å². The summed E-state index contributed by atoms with van der Waals surface area (Å²) in [6, 6.07) is 9.55. The second-order valence-electron chi connectivity index (χ2n) is 5.10. The van der Waals surface area contributed by atoms with E-state index in [1.165, 1.54) is 48.3 Å². The molecule has 132 valence electrons. The molecular weight excluding hydrogens is 358 g/mol. The molecule has 0 N–H and O–H groups in total. The van der Waals surface area contributed by atoms with E-state index in [1.807, 2.05) is 0 Å². The number of hydrogen-bond acceptors (Lipinski definition) is 4. The zero-order chi connectivity index (χ0) is 18.6. The minimum absolute atomic E-state index is 0.000990. The molecule has 0 saturated carbocycles. The van der Waals surface area contributed by atoms with Crippen LogP contribution in [0.1, 0.15) is 15.9 Å². The summed E-state index contributed by atoms with van der Waals surface area (Å²) in [7, 11) is 1.48. The summed E-state index contributed by atoms with van der Waals surface area (Å²) >= 11 is 5.73. The summed E-state index contributed by atoms with van der Waals surface area (Å²) in [5.74, 6) is -0.558. The van der Waals surface area contributed by atoms with Gasteiger partial charge in [-0.05, 0) is 29.8 Å². The number of benzene rings is 2. The zero-order valence-corrected chi connectivity index (χ0v) is 13.7. The number of rotatable bonds is 6. The molecule has 0 aliphatic heterocycles. The summed E-state index contributed by atoms with van der Waals surface area (Å²) < 4.78 is 28.5. The van der Waals surface area contributed by atoms with Crippen LogP contribution in [0, 0.1) is 10.1 Å². The fourth-order valence-electron chi connectivity index (χ4n) is 2.16. The van der Waals surface area contributed by atoms with Crippen molar-refractivity contribution in [2.45, 2.75) is 13.2 Å². The molecule has 0 fully saturated rings. The predicted octanol–water partition coefficient (Wildman–Crippen LogP) is 4.12. The lowest BCUT2D eigenvalue weighted by molar-refractivity contribution is -0.385. The van der Waals surface area contributed by atoms with Crippen LogP contribution in [0.25, 0.3) is 0 Å². The maximum Gasteiger partial charge on any atom is 0.387 e. The third-order valence-corrected chi connectivity index (χ3v) is 3.54. The Balaban J connectivity index is 2.14. The van der Waals surface area contributed by atoms with Gasteiger partial charge in [0.1, 0.15) is 11.3 Å².